The Morgan fingerprint density at radius 2 is 1.84 bits per heavy atom. The van der Waals surface area contributed by atoms with Crippen LogP contribution in [0.15, 0.2) is 46.9 Å². The van der Waals surface area contributed by atoms with E-state index < -0.39 is 42.0 Å². The molecule has 0 heterocycles. The summed E-state index contributed by atoms with van der Waals surface area (Å²) in [6, 6.07) is 10.6. The number of hydrogen-bond donors (Lipinski definition) is 3. The van der Waals surface area contributed by atoms with Gasteiger partial charge in [0.05, 0.1) is 4.47 Å². The molecule has 0 aliphatic heterocycles. The van der Waals surface area contributed by atoms with Crippen LogP contribution in [0.5, 0.6) is 0 Å². The lowest BCUT2D eigenvalue weighted by Gasteiger charge is -2.19. The van der Waals surface area contributed by atoms with Crippen LogP contribution in [-0.2, 0) is 11.3 Å². The third kappa shape index (κ3) is 5.48. The third-order valence-corrected chi connectivity index (χ3v) is 4.00. The van der Waals surface area contributed by atoms with Crippen molar-refractivity contribution >= 4 is 22.0 Å². The van der Waals surface area contributed by atoms with E-state index in [1.807, 2.05) is 6.07 Å². The number of carbonyl (C=O) groups is 1. The van der Waals surface area contributed by atoms with Crippen molar-refractivity contribution in [3.63, 3.8) is 0 Å². The lowest BCUT2D eigenvalue weighted by Crippen LogP contribution is -2.36. The van der Waals surface area contributed by atoms with Crippen molar-refractivity contribution in [1.82, 2.24) is 5.32 Å². The predicted molar refractivity (Wildman–Crippen MR) is 89.7 cm³/mol. The number of nitrogens with one attached hydrogen (secondary N) is 1. The molecular formula is C17H16BrF2NO4. The second kappa shape index (κ2) is 8.89. The summed E-state index contributed by atoms with van der Waals surface area (Å²) in [6.45, 7) is -0.357. The molecule has 0 fully saturated rings. The molecule has 0 saturated carbocycles. The summed E-state index contributed by atoms with van der Waals surface area (Å²) in [5, 5.41) is 22.1. The molecule has 25 heavy (non-hydrogen) atoms. The van der Waals surface area contributed by atoms with Crippen molar-refractivity contribution in [3.05, 3.63) is 69.7 Å². The molecule has 0 saturated heterocycles. The minimum Gasteiger partial charge on any atom is -0.445 e. The Balaban J connectivity index is 1.86. The van der Waals surface area contributed by atoms with E-state index in [-0.39, 0.29) is 11.1 Å². The Bertz CT molecular complexity index is 730. The molecular weight excluding hydrogens is 400 g/mol. The monoisotopic (exact) mass is 415 g/mol. The molecule has 2 unspecified atom stereocenters. The Kier molecular flexibility index (Phi) is 6.86. The summed E-state index contributed by atoms with van der Waals surface area (Å²) in [7, 11) is 0. The fraction of sp³-hybridized carbons (Fsp3) is 0.235. The molecule has 2 aromatic rings. The van der Waals surface area contributed by atoms with E-state index in [4.69, 9.17) is 4.74 Å². The smallest absolute Gasteiger partial charge is 0.407 e. The van der Waals surface area contributed by atoms with Crippen molar-refractivity contribution in [2.45, 2.75) is 18.8 Å². The van der Waals surface area contributed by atoms with E-state index in [1.54, 1.807) is 24.3 Å². The number of aliphatic hydroxyl groups excluding tert-OH is 2. The van der Waals surface area contributed by atoms with Gasteiger partial charge in [-0.3, -0.25) is 0 Å². The first-order valence-corrected chi connectivity index (χ1v) is 8.13. The minimum atomic E-state index is -1.71. The topological polar surface area (TPSA) is 78.8 Å². The highest BCUT2D eigenvalue weighted by atomic mass is 79.9. The molecule has 1 amide bonds. The maximum atomic E-state index is 13.8. The lowest BCUT2D eigenvalue weighted by atomic mass is 10.0. The van der Waals surface area contributed by atoms with Gasteiger partial charge in [0.1, 0.15) is 30.4 Å². The molecule has 2 rings (SSSR count). The average molecular weight is 416 g/mol. The number of benzene rings is 2. The van der Waals surface area contributed by atoms with Crippen LogP contribution >= 0.6 is 15.9 Å². The van der Waals surface area contributed by atoms with E-state index in [0.717, 1.165) is 17.7 Å². The van der Waals surface area contributed by atoms with Gasteiger partial charge in [0, 0.05) is 12.1 Å². The first kappa shape index (κ1) is 19.3. The van der Waals surface area contributed by atoms with Gasteiger partial charge in [-0.05, 0) is 33.6 Å². The normalized spacial score (nSPS) is 13.2. The highest BCUT2D eigenvalue weighted by Crippen LogP contribution is 2.26. The third-order valence-electron chi connectivity index (χ3n) is 3.39. The standard InChI is InChI=1S/C17H16BrF2NO4/c18-12-7-13(19)11(6-14(12)20)16(23)15(22)8-21-17(24)25-9-10-4-2-1-3-5-10/h1-7,15-16,22-23H,8-9H2,(H,21,24). The Morgan fingerprint density at radius 1 is 1.16 bits per heavy atom. The van der Waals surface area contributed by atoms with Gasteiger partial charge in [-0.1, -0.05) is 30.3 Å². The van der Waals surface area contributed by atoms with Crippen LogP contribution in [0.1, 0.15) is 17.2 Å². The van der Waals surface area contributed by atoms with Crippen molar-refractivity contribution in [2.75, 3.05) is 6.54 Å². The Hall–Kier alpha value is -2.03. The van der Waals surface area contributed by atoms with Crippen LogP contribution in [0.4, 0.5) is 13.6 Å². The minimum absolute atomic E-state index is 0.0396. The SMILES string of the molecule is O=C(NCC(O)C(O)c1cc(F)c(Br)cc1F)OCc1ccccc1. The van der Waals surface area contributed by atoms with Gasteiger partial charge in [0.15, 0.2) is 0 Å². The van der Waals surface area contributed by atoms with Gasteiger partial charge in [-0.2, -0.15) is 0 Å². The molecule has 2 atom stereocenters. The summed E-state index contributed by atoms with van der Waals surface area (Å²) in [5.74, 6) is -1.66. The lowest BCUT2D eigenvalue weighted by molar-refractivity contribution is 0.0162. The molecule has 0 aliphatic rings. The zero-order valence-electron chi connectivity index (χ0n) is 13.0. The van der Waals surface area contributed by atoms with Gasteiger partial charge >= 0.3 is 6.09 Å². The average Bonchev–Trinajstić information content (AvgIpc) is 2.61. The van der Waals surface area contributed by atoms with Crippen LogP contribution < -0.4 is 5.32 Å². The second-order valence-corrected chi connectivity index (χ2v) is 6.10. The number of carbonyl (C=O) groups excluding carboxylic acids is 1. The highest BCUT2D eigenvalue weighted by Gasteiger charge is 2.23. The first-order chi connectivity index (χ1) is 11.9. The van der Waals surface area contributed by atoms with Crippen LogP contribution in [0.25, 0.3) is 0 Å². The molecule has 3 N–H and O–H groups in total. The fourth-order valence-corrected chi connectivity index (χ4v) is 2.36. The summed E-state index contributed by atoms with van der Waals surface area (Å²) < 4.78 is 32.1. The maximum Gasteiger partial charge on any atom is 0.407 e. The van der Waals surface area contributed by atoms with Crippen molar-refractivity contribution in [1.29, 1.82) is 0 Å². The Labute approximate surface area is 151 Å². The van der Waals surface area contributed by atoms with Crippen LogP contribution in [-0.4, -0.2) is 29.0 Å². The fourth-order valence-electron chi connectivity index (χ4n) is 2.05. The number of amides is 1. The van der Waals surface area contributed by atoms with Crippen molar-refractivity contribution in [2.24, 2.45) is 0 Å². The summed E-state index contributed by atoms with van der Waals surface area (Å²) >= 11 is 2.82. The molecule has 0 radical (unpaired) electrons. The number of rotatable bonds is 6. The maximum absolute atomic E-state index is 13.8. The number of ether oxygens (including phenoxy) is 1. The number of alkyl carbamates (subject to hydrolysis) is 1. The number of aliphatic hydroxyl groups is 2. The zero-order valence-corrected chi connectivity index (χ0v) is 14.5. The van der Waals surface area contributed by atoms with E-state index in [1.165, 1.54) is 0 Å². The summed E-state index contributed by atoms with van der Waals surface area (Å²) in [6.07, 6.45) is -4.06. The van der Waals surface area contributed by atoms with Crippen molar-refractivity contribution < 1.29 is 28.5 Å². The van der Waals surface area contributed by atoms with E-state index in [0.29, 0.717) is 0 Å². The molecule has 0 spiro atoms. The van der Waals surface area contributed by atoms with Gasteiger partial charge in [-0.25, -0.2) is 13.6 Å². The van der Waals surface area contributed by atoms with Gasteiger partial charge in [-0.15, -0.1) is 0 Å². The quantitative estimate of drug-likeness (QED) is 0.633. The number of halogens is 3. The number of hydrogen-bond acceptors (Lipinski definition) is 4. The van der Waals surface area contributed by atoms with Crippen LogP contribution in [0.3, 0.4) is 0 Å². The molecule has 0 bridgehead atoms. The van der Waals surface area contributed by atoms with Gasteiger partial charge < -0.3 is 20.3 Å². The molecule has 0 aromatic heterocycles. The first-order valence-electron chi connectivity index (χ1n) is 7.33. The van der Waals surface area contributed by atoms with Crippen LogP contribution in [0, 0.1) is 11.6 Å². The summed E-state index contributed by atoms with van der Waals surface area (Å²) in [4.78, 5) is 11.6. The largest absolute Gasteiger partial charge is 0.445 e. The van der Waals surface area contributed by atoms with E-state index >= 15 is 0 Å². The van der Waals surface area contributed by atoms with E-state index in [9.17, 15) is 23.8 Å². The van der Waals surface area contributed by atoms with E-state index in [2.05, 4.69) is 21.2 Å². The molecule has 0 aliphatic carbocycles. The van der Waals surface area contributed by atoms with Gasteiger partial charge in [0.2, 0.25) is 0 Å². The molecule has 134 valence electrons. The van der Waals surface area contributed by atoms with Crippen LogP contribution in [0.2, 0.25) is 0 Å². The summed E-state index contributed by atoms with van der Waals surface area (Å²) in [5.41, 5.74) is 0.373. The second-order valence-electron chi connectivity index (χ2n) is 5.24. The Morgan fingerprint density at radius 3 is 2.52 bits per heavy atom. The predicted octanol–water partition coefficient (Wildman–Crippen LogP) is 3.05. The van der Waals surface area contributed by atoms with Crippen molar-refractivity contribution in [3.8, 4) is 0 Å². The zero-order chi connectivity index (χ0) is 18.4. The highest BCUT2D eigenvalue weighted by molar-refractivity contribution is 9.10. The molecule has 8 heteroatoms. The molecule has 5 nitrogen and oxygen atoms in total. The molecule has 2 aromatic carbocycles. The van der Waals surface area contributed by atoms with Gasteiger partial charge in [0.25, 0.3) is 0 Å².